The van der Waals surface area contributed by atoms with Crippen LogP contribution in [0, 0.1) is 13.8 Å². The van der Waals surface area contributed by atoms with Crippen LogP contribution in [0.5, 0.6) is 0 Å². The first kappa shape index (κ1) is 36.3. The fourth-order valence-electron chi connectivity index (χ4n) is 11.9. The molecule has 0 N–H and O–H groups in total. The Morgan fingerprint density at radius 2 is 1.26 bits per heavy atom. The third-order valence-corrected chi connectivity index (χ3v) is 19.3. The number of rotatable bonds is 5. The van der Waals surface area contributed by atoms with Crippen LogP contribution >= 0.6 is 0 Å². The van der Waals surface area contributed by atoms with Crippen LogP contribution in [0.3, 0.4) is 0 Å². The molecule has 3 nitrogen and oxygen atoms in total. The van der Waals surface area contributed by atoms with Gasteiger partial charge in [-0.05, 0) is 97.0 Å². The quantitative estimate of drug-likeness (QED) is 0.161. The Morgan fingerprint density at radius 3 is 1.93 bits per heavy atom. The van der Waals surface area contributed by atoms with E-state index in [4.69, 9.17) is 0 Å². The van der Waals surface area contributed by atoms with Gasteiger partial charge in [0.05, 0.1) is 32.9 Å². The lowest BCUT2D eigenvalue weighted by atomic mass is 9.33. The molecule has 58 heavy (non-hydrogen) atoms. The van der Waals surface area contributed by atoms with Gasteiger partial charge >= 0.3 is 0 Å². The van der Waals surface area contributed by atoms with Crippen molar-refractivity contribution in [2.75, 3.05) is 9.80 Å². The highest BCUT2D eigenvalue weighted by molar-refractivity contribution is 7.01. The van der Waals surface area contributed by atoms with E-state index in [1.54, 1.807) is 10.8 Å². The Hall–Kier alpha value is -4.78. The number of benzene rings is 6. The average molecular weight is 790 g/mol. The van der Waals surface area contributed by atoms with Crippen molar-refractivity contribution in [1.82, 2.24) is 4.57 Å². The summed E-state index contributed by atoms with van der Waals surface area (Å²) in [5.41, 5.74) is 19.2. The van der Waals surface area contributed by atoms with Gasteiger partial charge in [0.1, 0.15) is 0 Å². The summed E-state index contributed by atoms with van der Waals surface area (Å²) >= 11 is 0. The van der Waals surface area contributed by atoms with E-state index in [2.05, 4.69) is 191 Å². The second-order valence-corrected chi connectivity index (χ2v) is 30.8. The molecule has 3 aliphatic heterocycles. The highest BCUT2D eigenvalue weighted by atomic mass is 28.3. The van der Waals surface area contributed by atoms with Crippen LogP contribution in [-0.2, 0) is 5.41 Å². The highest BCUT2D eigenvalue weighted by Gasteiger charge is 2.61. The van der Waals surface area contributed by atoms with Crippen molar-refractivity contribution >= 4 is 99.9 Å². The number of para-hydroxylation sites is 3. The van der Waals surface area contributed by atoms with Crippen LogP contribution in [-0.4, -0.2) is 33.0 Å². The van der Waals surface area contributed by atoms with Crippen LogP contribution in [0.15, 0.2) is 109 Å². The van der Waals surface area contributed by atoms with E-state index >= 15 is 0 Å². The van der Waals surface area contributed by atoms with Crippen LogP contribution in [0.25, 0.3) is 27.5 Å². The summed E-state index contributed by atoms with van der Waals surface area (Å²) in [6.45, 7) is 25.0. The third-order valence-electron chi connectivity index (χ3n) is 15.3. The second kappa shape index (κ2) is 11.9. The van der Waals surface area contributed by atoms with Crippen LogP contribution in [0.2, 0.25) is 39.3 Å². The largest absolute Gasteiger partial charge is 0.335 e. The van der Waals surface area contributed by atoms with Gasteiger partial charge in [0.15, 0.2) is 0 Å². The summed E-state index contributed by atoms with van der Waals surface area (Å²) in [5, 5.41) is 5.93. The molecule has 0 amide bonds. The Kier molecular flexibility index (Phi) is 7.46. The number of anilines is 5. The molecule has 2 unspecified atom stereocenters. The number of hydrogen-bond acceptors (Lipinski definition) is 2. The average Bonchev–Trinajstić information content (AvgIpc) is 3.63. The predicted octanol–water partition coefficient (Wildman–Crippen LogP) is 10.8. The van der Waals surface area contributed by atoms with E-state index in [1.165, 1.54) is 114 Å². The lowest BCUT2D eigenvalue weighted by molar-refractivity contribution is 0.195. The number of nitrogens with zero attached hydrogens (tertiary/aromatic N) is 3. The summed E-state index contributed by atoms with van der Waals surface area (Å²) in [6.07, 6.45) is 4.96. The zero-order chi connectivity index (χ0) is 40.3. The van der Waals surface area contributed by atoms with Gasteiger partial charge in [-0.25, -0.2) is 0 Å². The van der Waals surface area contributed by atoms with Crippen LogP contribution in [0.4, 0.5) is 28.4 Å². The summed E-state index contributed by atoms with van der Waals surface area (Å²) in [4.78, 5) is 5.45. The minimum absolute atomic E-state index is 0.0437. The smallest absolute Gasteiger partial charge is 0.252 e. The molecule has 2 atom stereocenters. The lowest BCUT2D eigenvalue weighted by Crippen LogP contribution is -2.64. The minimum atomic E-state index is -1.71. The van der Waals surface area contributed by atoms with Crippen molar-refractivity contribution in [3.05, 3.63) is 126 Å². The molecule has 4 aliphatic rings. The molecule has 290 valence electrons. The molecule has 0 radical (unpaired) electrons. The fraction of sp³-hybridized carbons (Fsp3) is 0.308. The molecule has 11 rings (SSSR count). The predicted molar refractivity (Wildman–Crippen MR) is 258 cm³/mol. The van der Waals surface area contributed by atoms with Crippen molar-refractivity contribution in [2.45, 2.75) is 104 Å². The topological polar surface area (TPSA) is 11.4 Å². The normalized spacial score (nSPS) is 20.4. The summed E-state index contributed by atoms with van der Waals surface area (Å²) < 4.78 is 2.71. The minimum Gasteiger partial charge on any atom is -0.335 e. The maximum absolute atomic E-state index is 2.89. The van der Waals surface area contributed by atoms with E-state index in [0.29, 0.717) is 0 Å². The summed E-state index contributed by atoms with van der Waals surface area (Å²) in [5.74, 6) is 0. The van der Waals surface area contributed by atoms with Gasteiger partial charge in [0.25, 0.3) is 6.71 Å². The van der Waals surface area contributed by atoms with E-state index in [-0.39, 0.29) is 17.7 Å². The van der Waals surface area contributed by atoms with Gasteiger partial charge in [-0.2, -0.15) is 0 Å². The molecule has 0 bridgehead atoms. The Bertz CT molecular complexity index is 2870. The SMILES string of the molecule is Cc1ccccc1N(c1cc2c3c(c1)-n1c4ccc([Si](C)(C)C)cc4c4cc([Si](C)(C)C)cc(c41)B3c1cccc3c1N2C1(C)CCCCC31C)c1ccccc1C. The van der Waals surface area contributed by atoms with Crippen molar-refractivity contribution in [3.63, 3.8) is 0 Å². The van der Waals surface area contributed by atoms with Crippen LogP contribution in [0.1, 0.15) is 56.2 Å². The molecule has 1 fully saturated rings. The lowest BCUT2D eigenvalue weighted by Gasteiger charge is -2.52. The van der Waals surface area contributed by atoms with Crippen molar-refractivity contribution < 1.29 is 0 Å². The molecule has 1 aliphatic carbocycles. The number of fused-ring (bicyclic) bond motifs is 10. The van der Waals surface area contributed by atoms with Gasteiger partial charge in [-0.1, -0.05) is 148 Å². The zero-order valence-corrected chi connectivity index (χ0v) is 38.1. The van der Waals surface area contributed by atoms with Crippen molar-refractivity contribution in [1.29, 1.82) is 0 Å². The Morgan fingerprint density at radius 1 is 0.621 bits per heavy atom. The summed E-state index contributed by atoms with van der Waals surface area (Å²) in [6, 6.07) is 43.3. The molecular weight excluding hydrogens is 734 g/mol. The van der Waals surface area contributed by atoms with Gasteiger partial charge < -0.3 is 14.4 Å². The molecule has 4 heterocycles. The maximum Gasteiger partial charge on any atom is 0.252 e. The standard InChI is InChI=1S/C52H56BN3Si2/c1-33-18-11-13-22-43(33)54(44-23-14-12-19-34(44)2)35-28-46-48-47(29-35)56-50-40(51(3)26-15-16-27-52(51,56)4)20-17-21-41(50)53(48)42-32-37(58(8,9)10)31-39-38-30-36(57(5,6)7)24-25-45(38)55(46)49(39)42/h11-14,17-25,28-32H,15-16,26-27H2,1-10H3. The maximum atomic E-state index is 2.89. The Balaban J connectivity index is 1.34. The van der Waals surface area contributed by atoms with E-state index in [0.717, 1.165) is 0 Å². The van der Waals surface area contributed by atoms with Gasteiger partial charge in [-0.15, -0.1) is 0 Å². The molecule has 6 aromatic carbocycles. The highest BCUT2D eigenvalue weighted by Crippen LogP contribution is 2.61. The first-order chi connectivity index (χ1) is 27.6. The molecule has 1 saturated carbocycles. The molecule has 7 aromatic rings. The first-order valence-corrected chi connectivity index (χ1v) is 28.8. The van der Waals surface area contributed by atoms with Gasteiger partial charge in [0.2, 0.25) is 0 Å². The molecule has 1 aromatic heterocycles. The Labute approximate surface area is 347 Å². The summed E-state index contributed by atoms with van der Waals surface area (Å²) in [7, 11) is -3.30. The van der Waals surface area contributed by atoms with Gasteiger partial charge in [-0.3, -0.25) is 0 Å². The number of aromatic nitrogens is 1. The van der Waals surface area contributed by atoms with E-state index < -0.39 is 16.1 Å². The molecular formula is C52H56BN3Si2. The van der Waals surface area contributed by atoms with Gasteiger partial charge in [0, 0.05) is 50.1 Å². The zero-order valence-electron chi connectivity index (χ0n) is 36.1. The second-order valence-electron chi connectivity index (χ2n) is 20.7. The first-order valence-electron chi connectivity index (χ1n) is 21.8. The van der Waals surface area contributed by atoms with E-state index in [9.17, 15) is 0 Å². The molecule has 0 saturated heterocycles. The van der Waals surface area contributed by atoms with Crippen molar-refractivity contribution in [3.8, 4) is 5.69 Å². The molecule has 6 heteroatoms. The third kappa shape index (κ3) is 4.68. The fourth-order valence-corrected chi connectivity index (χ4v) is 14.2. The van der Waals surface area contributed by atoms with Crippen molar-refractivity contribution in [2.24, 2.45) is 0 Å². The van der Waals surface area contributed by atoms with Crippen LogP contribution < -0.4 is 36.6 Å². The number of aryl methyl sites for hydroxylation is 2. The number of hydrogen-bond donors (Lipinski definition) is 0. The molecule has 0 spiro atoms. The monoisotopic (exact) mass is 789 g/mol. The van der Waals surface area contributed by atoms with E-state index in [1.807, 2.05) is 0 Å².